The number of nitrogens with one attached hydrogen (secondary N) is 1. The Morgan fingerprint density at radius 3 is 2.74 bits per heavy atom. The predicted molar refractivity (Wildman–Crippen MR) is 86.7 cm³/mol. The molecule has 0 aliphatic rings. The zero-order chi connectivity index (χ0) is 16.4. The first-order valence-electron chi connectivity index (χ1n) is 6.93. The molecule has 0 bridgehead atoms. The van der Waals surface area contributed by atoms with Crippen molar-refractivity contribution < 1.29 is 9.90 Å². The Morgan fingerprint density at radius 2 is 2.00 bits per heavy atom. The number of hydrogen-bond acceptors (Lipinski definition) is 6. The summed E-state index contributed by atoms with van der Waals surface area (Å²) in [6.45, 7) is 1.84. The van der Waals surface area contributed by atoms with E-state index in [2.05, 4.69) is 15.4 Å². The number of rotatable bonds is 3. The van der Waals surface area contributed by atoms with Crippen molar-refractivity contribution >= 4 is 23.5 Å². The lowest BCUT2D eigenvalue weighted by molar-refractivity contribution is 0.0947. The molecule has 0 radical (unpaired) electrons. The van der Waals surface area contributed by atoms with Gasteiger partial charge in [-0.15, -0.1) is 5.10 Å². The lowest BCUT2D eigenvalue weighted by Crippen LogP contribution is -2.17. The molecule has 0 aliphatic heterocycles. The van der Waals surface area contributed by atoms with Gasteiger partial charge in [-0.25, -0.2) is 0 Å². The van der Waals surface area contributed by atoms with E-state index in [1.807, 2.05) is 19.1 Å². The monoisotopic (exact) mass is 309 g/mol. The molecule has 0 spiro atoms. The smallest absolute Gasteiger partial charge is 0.281 e. The topological polar surface area (TPSA) is 106 Å². The van der Waals surface area contributed by atoms with E-state index >= 15 is 0 Å². The second kappa shape index (κ2) is 5.80. The second-order valence-electron chi connectivity index (χ2n) is 5.00. The van der Waals surface area contributed by atoms with Crippen LogP contribution in [0.25, 0.3) is 0 Å². The molecule has 1 aromatic heterocycles. The van der Waals surface area contributed by atoms with Gasteiger partial charge in [0.1, 0.15) is 5.75 Å². The summed E-state index contributed by atoms with van der Waals surface area (Å²) in [5.74, 6) is -0.0774. The maximum atomic E-state index is 12.5. The van der Waals surface area contributed by atoms with Gasteiger partial charge >= 0.3 is 0 Å². The third-order valence-electron chi connectivity index (χ3n) is 3.30. The molecular weight excluding hydrogens is 294 g/mol. The molecule has 0 aliphatic carbocycles. The van der Waals surface area contributed by atoms with Crippen LogP contribution < -0.4 is 11.1 Å². The zero-order valence-corrected chi connectivity index (χ0v) is 12.4. The number of carbonyl (C=O) groups is 1. The van der Waals surface area contributed by atoms with Crippen LogP contribution in [0.15, 0.2) is 48.5 Å². The van der Waals surface area contributed by atoms with Crippen molar-refractivity contribution in [2.24, 2.45) is 0 Å². The largest absolute Gasteiger partial charge is 0.508 e. The third kappa shape index (κ3) is 2.98. The highest BCUT2D eigenvalue weighted by Crippen LogP contribution is 2.20. The summed E-state index contributed by atoms with van der Waals surface area (Å²) in [7, 11) is 0. The number of hydrogen-bond donors (Lipinski definition) is 3. The predicted octanol–water partition coefficient (Wildman–Crippen LogP) is 2.31. The quantitative estimate of drug-likeness (QED) is 0.685. The van der Waals surface area contributed by atoms with Gasteiger partial charge < -0.3 is 16.2 Å². The highest BCUT2D eigenvalue weighted by molar-refractivity contribution is 5.98. The van der Waals surface area contributed by atoms with Gasteiger partial charge in [-0.3, -0.25) is 4.79 Å². The van der Waals surface area contributed by atoms with Gasteiger partial charge in [0.15, 0.2) is 0 Å². The highest BCUT2D eigenvalue weighted by atomic mass is 16.3. The van der Waals surface area contributed by atoms with Crippen LogP contribution in [0.2, 0.25) is 0 Å². The number of nitrogens with zero attached hydrogens (tertiary/aromatic N) is 3. The molecule has 0 fully saturated rings. The number of aromatic hydroxyl groups is 1. The van der Waals surface area contributed by atoms with E-state index in [1.54, 1.807) is 30.3 Å². The zero-order valence-electron chi connectivity index (χ0n) is 12.4. The Balaban J connectivity index is 1.89. The Hall–Kier alpha value is -3.35. The molecule has 4 N–H and O–H groups in total. The molecule has 2 aromatic carbocycles. The van der Waals surface area contributed by atoms with E-state index in [0.29, 0.717) is 11.3 Å². The standard InChI is InChI=1S/C16H15N5O2/c1-10-5-2-3-8-13(10)14(23)21-15(17)19-16(20-21)18-11-6-4-7-12(22)9-11/h2-9,22H,1H3,(H3,17,18,19,20). The van der Waals surface area contributed by atoms with Gasteiger partial charge in [0.2, 0.25) is 11.9 Å². The maximum Gasteiger partial charge on any atom is 0.281 e. The fraction of sp³-hybridized carbons (Fsp3) is 0.0625. The number of carbonyl (C=O) groups excluding carboxylic acids is 1. The van der Waals surface area contributed by atoms with Crippen LogP contribution in [-0.4, -0.2) is 25.8 Å². The number of anilines is 3. The summed E-state index contributed by atoms with van der Waals surface area (Å²) in [6, 6.07) is 13.7. The Bertz CT molecular complexity index is 872. The summed E-state index contributed by atoms with van der Waals surface area (Å²) in [5.41, 5.74) is 7.72. The first-order valence-corrected chi connectivity index (χ1v) is 6.93. The third-order valence-corrected chi connectivity index (χ3v) is 3.30. The van der Waals surface area contributed by atoms with Crippen molar-refractivity contribution in [3.8, 4) is 5.75 Å². The second-order valence-corrected chi connectivity index (χ2v) is 5.00. The molecule has 0 atom stereocenters. The molecule has 7 nitrogen and oxygen atoms in total. The minimum atomic E-state index is -0.350. The first-order chi connectivity index (χ1) is 11.0. The van der Waals surface area contributed by atoms with Crippen molar-refractivity contribution in [2.45, 2.75) is 6.92 Å². The van der Waals surface area contributed by atoms with Crippen LogP contribution in [0, 0.1) is 6.92 Å². The van der Waals surface area contributed by atoms with Gasteiger partial charge in [-0.05, 0) is 30.7 Å². The van der Waals surface area contributed by atoms with Crippen molar-refractivity contribution in [2.75, 3.05) is 11.1 Å². The Kier molecular flexibility index (Phi) is 3.68. The van der Waals surface area contributed by atoms with E-state index in [9.17, 15) is 9.90 Å². The van der Waals surface area contributed by atoms with E-state index in [-0.39, 0.29) is 23.6 Å². The molecule has 3 aromatic rings. The van der Waals surface area contributed by atoms with E-state index in [1.165, 1.54) is 6.07 Å². The van der Waals surface area contributed by atoms with Crippen LogP contribution in [0.1, 0.15) is 15.9 Å². The number of aromatic nitrogens is 3. The van der Waals surface area contributed by atoms with Crippen LogP contribution in [0.4, 0.5) is 17.6 Å². The molecule has 0 amide bonds. The molecule has 116 valence electrons. The summed E-state index contributed by atoms with van der Waals surface area (Å²) in [6.07, 6.45) is 0. The number of nitrogens with two attached hydrogens (primary N) is 1. The fourth-order valence-electron chi connectivity index (χ4n) is 2.17. The number of phenols is 1. The maximum absolute atomic E-state index is 12.5. The Morgan fingerprint density at radius 1 is 1.22 bits per heavy atom. The van der Waals surface area contributed by atoms with Crippen molar-refractivity contribution in [3.05, 3.63) is 59.7 Å². The lowest BCUT2D eigenvalue weighted by Gasteiger charge is -2.04. The fourth-order valence-corrected chi connectivity index (χ4v) is 2.17. The van der Waals surface area contributed by atoms with Crippen LogP contribution in [-0.2, 0) is 0 Å². The van der Waals surface area contributed by atoms with Gasteiger partial charge in [0, 0.05) is 17.3 Å². The van der Waals surface area contributed by atoms with E-state index in [0.717, 1.165) is 10.2 Å². The van der Waals surface area contributed by atoms with Gasteiger partial charge in [-0.2, -0.15) is 9.67 Å². The molecule has 0 saturated heterocycles. The number of nitrogen functional groups attached to an aromatic ring is 1. The molecular formula is C16H15N5O2. The molecule has 3 rings (SSSR count). The van der Waals surface area contributed by atoms with Crippen LogP contribution in [0.5, 0.6) is 5.75 Å². The van der Waals surface area contributed by atoms with Gasteiger partial charge in [0.05, 0.1) is 0 Å². The molecule has 1 heterocycles. The van der Waals surface area contributed by atoms with E-state index < -0.39 is 0 Å². The summed E-state index contributed by atoms with van der Waals surface area (Å²) in [4.78, 5) is 16.5. The number of aryl methyl sites for hydroxylation is 1. The molecule has 7 heteroatoms. The lowest BCUT2D eigenvalue weighted by atomic mass is 10.1. The minimum Gasteiger partial charge on any atom is -0.508 e. The summed E-state index contributed by atoms with van der Waals surface area (Å²) < 4.78 is 1.05. The molecule has 23 heavy (non-hydrogen) atoms. The minimum absolute atomic E-state index is 0.0130. The SMILES string of the molecule is Cc1ccccc1C(=O)n1nc(Nc2cccc(O)c2)nc1N. The highest BCUT2D eigenvalue weighted by Gasteiger charge is 2.17. The summed E-state index contributed by atoms with van der Waals surface area (Å²) >= 11 is 0. The number of phenolic OH excluding ortho intramolecular Hbond substituents is 1. The Labute approximate surface area is 132 Å². The van der Waals surface area contributed by atoms with Crippen molar-refractivity contribution in [3.63, 3.8) is 0 Å². The average molecular weight is 309 g/mol. The normalized spacial score (nSPS) is 10.5. The van der Waals surface area contributed by atoms with Crippen molar-refractivity contribution in [1.29, 1.82) is 0 Å². The van der Waals surface area contributed by atoms with Crippen LogP contribution in [0.3, 0.4) is 0 Å². The number of benzene rings is 2. The van der Waals surface area contributed by atoms with Crippen molar-refractivity contribution in [1.82, 2.24) is 14.8 Å². The van der Waals surface area contributed by atoms with Gasteiger partial charge in [0.25, 0.3) is 5.91 Å². The van der Waals surface area contributed by atoms with Crippen LogP contribution >= 0.6 is 0 Å². The van der Waals surface area contributed by atoms with E-state index in [4.69, 9.17) is 5.73 Å². The summed E-state index contributed by atoms with van der Waals surface area (Å²) in [5, 5.41) is 16.4. The first kappa shape index (κ1) is 14.6. The molecule has 0 saturated carbocycles. The molecule has 0 unspecified atom stereocenters. The average Bonchev–Trinajstić information content (AvgIpc) is 2.87. The van der Waals surface area contributed by atoms with Gasteiger partial charge in [-0.1, -0.05) is 24.3 Å².